The van der Waals surface area contributed by atoms with Crippen molar-refractivity contribution in [3.8, 4) is 5.75 Å². The van der Waals surface area contributed by atoms with E-state index in [1.165, 1.54) is 11.1 Å². The van der Waals surface area contributed by atoms with E-state index in [4.69, 9.17) is 4.84 Å². The van der Waals surface area contributed by atoms with Crippen LogP contribution in [0.25, 0.3) is 0 Å². The van der Waals surface area contributed by atoms with Crippen molar-refractivity contribution in [2.24, 2.45) is 22.4 Å². The molecule has 1 aromatic carbocycles. The fourth-order valence-corrected chi connectivity index (χ4v) is 5.67. The number of hydrogen-bond acceptors (Lipinski definition) is 4. The van der Waals surface area contributed by atoms with Gasteiger partial charge < -0.3 is 15.1 Å². The molecule has 23 heavy (non-hydrogen) atoms. The molecule has 0 aliphatic heterocycles. The van der Waals surface area contributed by atoms with E-state index in [1.54, 1.807) is 13.2 Å². The first-order valence-electron chi connectivity index (χ1n) is 8.65. The van der Waals surface area contributed by atoms with Crippen LogP contribution in [-0.4, -0.2) is 29.1 Å². The topological polar surface area (TPSA) is 62.0 Å². The first-order valence-corrected chi connectivity index (χ1v) is 8.65. The number of oxime groups is 1. The van der Waals surface area contributed by atoms with Gasteiger partial charge in [-0.25, -0.2) is 0 Å². The van der Waals surface area contributed by atoms with Gasteiger partial charge in [-0.2, -0.15) is 0 Å². The lowest BCUT2D eigenvalue weighted by molar-refractivity contribution is 0.00214. The fourth-order valence-electron chi connectivity index (χ4n) is 5.67. The summed E-state index contributed by atoms with van der Waals surface area (Å²) in [5, 5.41) is 24.7. The number of benzene rings is 1. The van der Waals surface area contributed by atoms with Crippen LogP contribution in [-0.2, 0) is 11.3 Å². The van der Waals surface area contributed by atoms with Crippen molar-refractivity contribution in [1.29, 1.82) is 0 Å². The molecule has 5 atom stereocenters. The van der Waals surface area contributed by atoms with Crippen molar-refractivity contribution in [2.45, 2.75) is 51.0 Å². The summed E-state index contributed by atoms with van der Waals surface area (Å²) >= 11 is 0. The summed E-state index contributed by atoms with van der Waals surface area (Å²) in [5.74, 6) is 1.61. The van der Waals surface area contributed by atoms with E-state index in [1.807, 2.05) is 6.07 Å². The lowest BCUT2D eigenvalue weighted by Crippen LogP contribution is -2.45. The molecule has 0 bridgehead atoms. The molecule has 3 aliphatic carbocycles. The Morgan fingerprint density at radius 3 is 2.91 bits per heavy atom. The van der Waals surface area contributed by atoms with Crippen LogP contribution in [0.15, 0.2) is 23.4 Å². The molecule has 0 unspecified atom stereocenters. The maximum atomic E-state index is 10.7. The minimum atomic E-state index is -0.319. The minimum Gasteiger partial charge on any atom is -0.508 e. The zero-order valence-electron chi connectivity index (χ0n) is 13.8. The zero-order chi connectivity index (χ0) is 16.2. The molecule has 2 N–H and O–H groups in total. The highest BCUT2D eigenvalue weighted by Gasteiger charge is 2.57. The number of aromatic hydroxyl groups is 1. The fraction of sp³-hybridized carbons (Fsp3) is 0.632. The average molecular weight is 315 g/mol. The summed E-state index contributed by atoms with van der Waals surface area (Å²) < 4.78 is 0. The maximum Gasteiger partial charge on any atom is 0.115 e. The zero-order valence-corrected chi connectivity index (χ0v) is 13.8. The first-order chi connectivity index (χ1) is 11.0. The van der Waals surface area contributed by atoms with Crippen molar-refractivity contribution in [2.75, 3.05) is 7.11 Å². The van der Waals surface area contributed by atoms with E-state index in [9.17, 15) is 10.2 Å². The molecule has 0 radical (unpaired) electrons. The van der Waals surface area contributed by atoms with Crippen molar-refractivity contribution < 1.29 is 15.1 Å². The molecule has 0 amide bonds. The number of phenolic OH excluding ortho intramolecular Hbond substituents is 1. The monoisotopic (exact) mass is 315 g/mol. The van der Waals surface area contributed by atoms with Gasteiger partial charge in [0.15, 0.2) is 0 Å². The number of aliphatic hydroxyl groups excluding tert-OH is 1. The second-order valence-electron chi connectivity index (χ2n) is 7.67. The Morgan fingerprint density at radius 1 is 1.30 bits per heavy atom. The van der Waals surface area contributed by atoms with Gasteiger partial charge in [0, 0.05) is 11.8 Å². The third kappa shape index (κ3) is 2.11. The predicted octanol–water partition coefficient (Wildman–Crippen LogP) is 3.22. The molecule has 0 aromatic heterocycles. The molecule has 4 heteroatoms. The largest absolute Gasteiger partial charge is 0.508 e. The number of nitrogens with zero attached hydrogens (tertiary/aromatic N) is 1. The van der Waals surface area contributed by atoms with E-state index in [0.29, 0.717) is 24.0 Å². The third-order valence-electron chi connectivity index (χ3n) is 6.64. The van der Waals surface area contributed by atoms with Gasteiger partial charge in [0.25, 0.3) is 0 Å². The number of aliphatic hydroxyl groups is 1. The molecule has 2 saturated carbocycles. The molecular weight excluding hydrogens is 290 g/mol. The van der Waals surface area contributed by atoms with Gasteiger partial charge in [-0.05, 0) is 66.7 Å². The van der Waals surface area contributed by atoms with Crippen LogP contribution < -0.4 is 0 Å². The van der Waals surface area contributed by atoms with Gasteiger partial charge in [0.05, 0.1) is 11.8 Å². The van der Waals surface area contributed by atoms with Crippen molar-refractivity contribution in [3.05, 3.63) is 29.3 Å². The molecular formula is C19H25NO3. The number of rotatable bonds is 1. The summed E-state index contributed by atoms with van der Waals surface area (Å²) in [6, 6.07) is 5.82. The van der Waals surface area contributed by atoms with Gasteiger partial charge >= 0.3 is 0 Å². The summed E-state index contributed by atoms with van der Waals surface area (Å²) in [7, 11) is 1.59. The Morgan fingerprint density at radius 2 is 2.13 bits per heavy atom. The highest BCUT2D eigenvalue weighted by atomic mass is 16.6. The van der Waals surface area contributed by atoms with Crippen molar-refractivity contribution >= 4 is 5.71 Å². The number of fused-ring (bicyclic) bond motifs is 5. The summed E-state index contributed by atoms with van der Waals surface area (Å²) in [6.07, 6.45) is 4.55. The lowest BCUT2D eigenvalue weighted by Gasteiger charge is -2.49. The quantitative estimate of drug-likeness (QED) is 0.782. The normalized spacial score (nSPS) is 40.4. The number of aryl methyl sites for hydroxylation is 1. The minimum absolute atomic E-state index is 0.0367. The Hall–Kier alpha value is -1.55. The van der Waals surface area contributed by atoms with Gasteiger partial charge in [0.2, 0.25) is 0 Å². The predicted molar refractivity (Wildman–Crippen MR) is 88.6 cm³/mol. The second kappa shape index (κ2) is 5.23. The van der Waals surface area contributed by atoms with Gasteiger partial charge in [-0.15, -0.1) is 0 Å². The van der Waals surface area contributed by atoms with E-state index in [2.05, 4.69) is 18.1 Å². The molecule has 2 fully saturated rings. The SMILES string of the molecule is CO/N=C1/C[C@H](O)[C@H]2[C@@H]3CCc4cc(O)ccc4[C@H]3CC[C@]12C. The summed E-state index contributed by atoms with van der Waals surface area (Å²) in [4.78, 5) is 5.04. The highest BCUT2D eigenvalue weighted by Crippen LogP contribution is 2.60. The molecule has 124 valence electrons. The van der Waals surface area contributed by atoms with Crippen LogP contribution in [0.3, 0.4) is 0 Å². The van der Waals surface area contributed by atoms with Crippen LogP contribution in [0.1, 0.15) is 49.7 Å². The molecule has 0 heterocycles. The smallest absolute Gasteiger partial charge is 0.115 e. The molecule has 3 aliphatic rings. The summed E-state index contributed by atoms with van der Waals surface area (Å²) in [5.41, 5.74) is 3.66. The number of hydrogen-bond donors (Lipinski definition) is 2. The van der Waals surface area contributed by atoms with E-state index in [-0.39, 0.29) is 17.4 Å². The van der Waals surface area contributed by atoms with Crippen LogP contribution in [0.5, 0.6) is 5.75 Å². The van der Waals surface area contributed by atoms with E-state index in [0.717, 1.165) is 31.4 Å². The molecule has 4 nitrogen and oxygen atoms in total. The molecule has 0 spiro atoms. The van der Waals surface area contributed by atoms with Gasteiger partial charge in [0.1, 0.15) is 12.9 Å². The Kier molecular flexibility index (Phi) is 3.41. The Bertz CT molecular complexity index is 656. The van der Waals surface area contributed by atoms with Gasteiger partial charge in [-0.1, -0.05) is 18.1 Å². The second-order valence-corrected chi connectivity index (χ2v) is 7.67. The van der Waals surface area contributed by atoms with E-state index < -0.39 is 0 Å². The first kappa shape index (κ1) is 15.0. The van der Waals surface area contributed by atoms with Gasteiger partial charge in [-0.3, -0.25) is 0 Å². The molecule has 0 saturated heterocycles. The van der Waals surface area contributed by atoms with Crippen molar-refractivity contribution in [3.63, 3.8) is 0 Å². The average Bonchev–Trinajstić information content (AvgIpc) is 2.78. The maximum absolute atomic E-state index is 10.7. The Labute approximate surface area is 137 Å². The third-order valence-corrected chi connectivity index (χ3v) is 6.64. The van der Waals surface area contributed by atoms with Crippen LogP contribution in [0, 0.1) is 17.3 Å². The standard InChI is InChI=1S/C19H25NO3/c1-19-8-7-14-13-6-4-12(21)9-11(13)3-5-15(14)18(19)16(22)10-17(19)20-23-2/h4,6,9,14-16,18,21-22H,3,5,7-8,10H2,1-2H3/b20-17-/t14-,15-,16+,18-,19-/m1/s1. The summed E-state index contributed by atoms with van der Waals surface area (Å²) in [6.45, 7) is 2.26. The lowest BCUT2D eigenvalue weighted by atomic mass is 9.55. The number of phenols is 1. The molecule has 1 aromatic rings. The van der Waals surface area contributed by atoms with E-state index >= 15 is 0 Å². The van der Waals surface area contributed by atoms with Crippen LogP contribution in [0.2, 0.25) is 0 Å². The Balaban J connectivity index is 1.72. The van der Waals surface area contributed by atoms with Crippen molar-refractivity contribution in [1.82, 2.24) is 0 Å². The molecule has 4 rings (SSSR count). The van der Waals surface area contributed by atoms with Crippen LogP contribution >= 0.6 is 0 Å². The van der Waals surface area contributed by atoms with Crippen LogP contribution in [0.4, 0.5) is 0 Å². The highest BCUT2D eigenvalue weighted by molar-refractivity contribution is 5.92.